The van der Waals surface area contributed by atoms with Crippen molar-refractivity contribution in [3.63, 3.8) is 0 Å². The monoisotopic (exact) mass is 721 g/mol. The van der Waals surface area contributed by atoms with E-state index in [1.165, 1.54) is 11.0 Å². The molecule has 0 bridgehead atoms. The predicted molar refractivity (Wildman–Crippen MR) is 180 cm³/mol. The number of nitrogens with zero attached hydrogens (tertiary/aromatic N) is 4. The maximum Gasteiger partial charge on any atom is 0.253 e. The topological polar surface area (TPSA) is 96.2 Å². The molecular formula is C31H31BrCl3N5O4. The Morgan fingerprint density at radius 2 is 1.80 bits per heavy atom. The number of imidazole rings is 1. The molecule has 0 radical (unpaired) electrons. The van der Waals surface area contributed by atoms with E-state index >= 15 is 0 Å². The Bertz CT molecular complexity index is 1710. The average Bonchev–Trinajstić information content (AvgIpc) is 3.31. The lowest BCUT2D eigenvalue weighted by molar-refractivity contribution is -0.122. The number of aryl methyl sites for hydroxylation is 1. The third-order valence-electron chi connectivity index (χ3n) is 6.81. The molecule has 3 amide bonds. The van der Waals surface area contributed by atoms with Gasteiger partial charge in [-0.15, -0.1) is 12.4 Å². The van der Waals surface area contributed by atoms with Crippen molar-refractivity contribution in [1.82, 2.24) is 19.6 Å². The van der Waals surface area contributed by atoms with Crippen molar-refractivity contribution in [2.75, 3.05) is 32.1 Å². The highest BCUT2D eigenvalue weighted by atomic mass is 79.9. The maximum absolute atomic E-state index is 12.9. The second kappa shape index (κ2) is 15.4. The summed E-state index contributed by atoms with van der Waals surface area (Å²) in [4.78, 5) is 45.1. The molecule has 0 atom stereocenters. The van der Waals surface area contributed by atoms with E-state index in [0.29, 0.717) is 39.8 Å². The third-order valence-corrected chi connectivity index (χ3v) is 8.54. The second-order valence-electron chi connectivity index (χ2n) is 9.65. The van der Waals surface area contributed by atoms with Crippen LogP contribution in [0.1, 0.15) is 34.1 Å². The molecule has 9 nitrogen and oxygen atoms in total. The molecule has 2 heterocycles. The Labute approximate surface area is 280 Å². The molecule has 0 aliphatic rings. The van der Waals surface area contributed by atoms with Gasteiger partial charge in [0, 0.05) is 49.1 Å². The van der Waals surface area contributed by atoms with Crippen molar-refractivity contribution in [2.45, 2.75) is 20.5 Å². The molecule has 4 rings (SSSR count). The first-order chi connectivity index (χ1) is 20.5. The van der Waals surface area contributed by atoms with Crippen LogP contribution in [0.15, 0.2) is 65.4 Å². The Kier molecular flexibility index (Phi) is 12.2. The fourth-order valence-electron chi connectivity index (χ4n) is 4.11. The van der Waals surface area contributed by atoms with Crippen LogP contribution in [0.4, 0.5) is 5.69 Å². The van der Waals surface area contributed by atoms with Gasteiger partial charge in [-0.1, -0.05) is 35.3 Å². The summed E-state index contributed by atoms with van der Waals surface area (Å²) in [7, 11) is 3.30. The molecule has 0 fully saturated rings. The number of amides is 3. The van der Waals surface area contributed by atoms with Gasteiger partial charge in [0.15, 0.2) is 11.4 Å². The van der Waals surface area contributed by atoms with E-state index in [0.717, 1.165) is 15.9 Å². The minimum atomic E-state index is -0.445. The third kappa shape index (κ3) is 7.92. The normalized spacial score (nSPS) is 10.9. The quantitative estimate of drug-likeness (QED) is 0.186. The van der Waals surface area contributed by atoms with Crippen molar-refractivity contribution in [1.29, 1.82) is 0 Å². The van der Waals surface area contributed by atoms with Gasteiger partial charge in [-0.3, -0.25) is 18.8 Å². The Morgan fingerprint density at radius 1 is 1.09 bits per heavy atom. The highest BCUT2D eigenvalue weighted by Crippen LogP contribution is 2.35. The molecule has 2 aromatic heterocycles. The van der Waals surface area contributed by atoms with E-state index in [1.54, 1.807) is 67.5 Å². The van der Waals surface area contributed by atoms with E-state index in [9.17, 15) is 14.4 Å². The molecule has 44 heavy (non-hydrogen) atoms. The smallest absolute Gasteiger partial charge is 0.253 e. The van der Waals surface area contributed by atoms with Crippen molar-refractivity contribution < 1.29 is 19.1 Å². The summed E-state index contributed by atoms with van der Waals surface area (Å²) in [6.45, 7) is 4.19. The van der Waals surface area contributed by atoms with Crippen LogP contribution in [0.2, 0.25) is 10.0 Å². The molecule has 0 saturated heterocycles. The lowest BCUT2D eigenvalue weighted by Gasteiger charge is -2.21. The largest absolute Gasteiger partial charge is 0.485 e. The number of likely N-dealkylation sites (N-methyl/N-ethyl adjacent to an activating group) is 1. The van der Waals surface area contributed by atoms with Gasteiger partial charge in [-0.2, -0.15) is 0 Å². The number of halogens is 4. The highest BCUT2D eigenvalue weighted by Gasteiger charge is 2.20. The number of hydrogen-bond donors (Lipinski definition) is 1. The van der Waals surface area contributed by atoms with Crippen LogP contribution in [-0.2, 0) is 16.2 Å². The van der Waals surface area contributed by atoms with Crippen LogP contribution in [0.5, 0.6) is 5.75 Å². The fourth-order valence-corrected chi connectivity index (χ4v) is 5.09. The number of anilines is 1. The van der Waals surface area contributed by atoms with Crippen molar-refractivity contribution in [3.8, 4) is 5.75 Å². The zero-order valence-electron chi connectivity index (χ0n) is 24.4. The molecule has 2 aromatic carbocycles. The van der Waals surface area contributed by atoms with Gasteiger partial charge < -0.3 is 19.9 Å². The maximum atomic E-state index is 12.9. The van der Waals surface area contributed by atoms with Gasteiger partial charge in [0.2, 0.25) is 11.8 Å². The highest BCUT2D eigenvalue weighted by molar-refractivity contribution is 9.10. The lowest BCUT2D eigenvalue weighted by Crippen LogP contribution is -2.37. The number of benzene rings is 2. The number of pyridine rings is 1. The minimum Gasteiger partial charge on any atom is -0.485 e. The summed E-state index contributed by atoms with van der Waals surface area (Å²) in [6, 6.07) is 13.8. The van der Waals surface area contributed by atoms with E-state index in [1.807, 2.05) is 30.5 Å². The standard InChI is InChI=1S/C31H30BrCl2N5O4.ClH/c1-5-37(3)31(42)21-11-8-20(9-12-21)10-15-26(40)35-17-27(41)38(4)24-14-13-23(33)22(28(24)34)18-43-25-7-6-16-39-29(32)19(2)36-30(25)39;/h6-16H,5,17-18H2,1-4H3,(H,35,40);1H/b15-10+;. The van der Waals surface area contributed by atoms with Crippen LogP contribution < -0.4 is 15.0 Å². The number of carbonyl (C=O) groups is 3. The Balaban J connectivity index is 0.00000529. The number of ether oxygens (including phenoxy) is 1. The number of aromatic nitrogens is 2. The molecule has 0 aliphatic carbocycles. The van der Waals surface area contributed by atoms with Gasteiger partial charge >= 0.3 is 0 Å². The number of fused-ring (bicyclic) bond motifs is 1. The SMILES string of the molecule is CCN(C)C(=O)c1ccc(/C=C/C(=O)NCC(=O)N(C)c2ccc(Cl)c(COc3cccn4c(Br)c(C)nc34)c2Cl)cc1.Cl. The summed E-state index contributed by atoms with van der Waals surface area (Å²) >= 11 is 16.7. The molecule has 0 spiro atoms. The van der Waals surface area contributed by atoms with E-state index in [4.69, 9.17) is 27.9 Å². The number of nitrogens with one attached hydrogen (secondary N) is 1. The number of hydrogen-bond acceptors (Lipinski definition) is 5. The predicted octanol–water partition coefficient (Wildman–Crippen LogP) is 6.60. The molecule has 4 aromatic rings. The summed E-state index contributed by atoms with van der Waals surface area (Å²) in [5.74, 6) is -0.362. The molecule has 232 valence electrons. The first kappa shape index (κ1) is 34.9. The molecule has 0 saturated carbocycles. The van der Waals surface area contributed by atoms with Gasteiger partial charge in [-0.25, -0.2) is 4.98 Å². The number of rotatable bonds is 10. The minimum absolute atomic E-state index is 0. The van der Waals surface area contributed by atoms with E-state index in [2.05, 4.69) is 26.2 Å². The van der Waals surface area contributed by atoms with Crippen LogP contribution in [0, 0.1) is 6.92 Å². The van der Waals surface area contributed by atoms with Gasteiger partial charge in [0.25, 0.3) is 5.91 Å². The molecule has 1 N–H and O–H groups in total. The molecule has 0 aliphatic heterocycles. The van der Waals surface area contributed by atoms with Crippen LogP contribution in [-0.4, -0.2) is 59.2 Å². The molecular weight excluding hydrogens is 693 g/mol. The van der Waals surface area contributed by atoms with E-state index in [-0.39, 0.29) is 42.4 Å². The zero-order valence-corrected chi connectivity index (χ0v) is 28.4. The summed E-state index contributed by atoms with van der Waals surface area (Å²) < 4.78 is 8.74. The first-order valence-electron chi connectivity index (χ1n) is 13.3. The summed E-state index contributed by atoms with van der Waals surface area (Å²) in [6.07, 6.45) is 4.80. The van der Waals surface area contributed by atoms with Gasteiger partial charge in [0.05, 0.1) is 22.9 Å². The van der Waals surface area contributed by atoms with Crippen molar-refractivity contribution >= 4 is 86.7 Å². The number of carbonyl (C=O) groups excluding carboxylic acids is 3. The van der Waals surface area contributed by atoms with Crippen LogP contribution in [0.25, 0.3) is 11.7 Å². The first-order valence-corrected chi connectivity index (χ1v) is 14.9. The molecule has 0 unspecified atom stereocenters. The zero-order chi connectivity index (χ0) is 31.3. The summed E-state index contributed by atoms with van der Waals surface area (Å²) in [5, 5.41) is 3.23. The second-order valence-corrected chi connectivity index (χ2v) is 11.2. The van der Waals surface area contributed by atoms with Crippen LogP contribution in [0.3, 0.4) is 0 Å². The van der Waals surface area contributed by atoms with Crippen molar-refractivity contribution in [2.24, 2.45) is 0 Å². The fraction of sp³-hybridized carbons (Fsp3) is 0.226. The lowest BCUT2D eigenvalue weighted by atomic mass is 10.1. The Hall–Kier alpha value is -3.57. The van der Waals surface area contributed by atoms with E-state index < -0.39 is 5.91 Å². The van der Waals surface area contributed by atoms with Gasteiger partial charge in [-0.05, 0) is 77.8 Å². The Morgan fingerprint density at radius 3 is 2.48 bits per heavy atom. The molecule has 13 heteroatoms. The summed E-state index contributed by atoms with van der Waals surface area (Å²) in [5.41, 5.74) is 3.68. The van der Waals surface area contributed by atoms with Gasteiger partial charge in [0.1, 0.15) is 11.2 Å². The van der Waals surface area contributed by atoms with Crippen molar-refractivity contribution in [3.05, 3.63) is 97.8 Å². The van der Waals surface area contributed by atoms with Crippen LogP contribution >= 0.6 is 51.5 Å². The average molecular weight is 724 g/mol.